The van der Waals surface area contributed by atoms with Crippen LogP contribution >= 0.6 is 0 Å². The summed E-state index contributed by atoms with van der Waals surface area (Å²) in [6.07, 6.45) is 0.142. The Bertz CT molecular complexity index is 975. The van der Waals surface area contributed by atoms with Crippen LogP contribution in [0.1, 0.15) is 54.7 Å². The Morgan fingerprint density at radius 2 is 1.80 bits per heavy atom. The molecule has 1 aliphatic heterocycles. The molecule has 7 heteroatoms. The van der Waals surface area contributed by atoms with E-state index < -0.39 is 6.04 Å². The predicted octanol–water partition coefficient (Wildman–Crippen LogP) is 3.35. The monoisotopic (exact) mass is 409 g/mol. The average molecular weight is 409 g/mol. The SMILES string of the molecule is COc1ccc(OC)c([C@@H]2CC(=O)NC(NC(=O)c3ccc(C(C)(C)C)cc3)=N2)c1. The van der Waals surface area contributed by atoms with Gasteiger partial charge in [0, 0.05) is 11.1 Å². The van der Waals surface area contributed by atoms with Crippen LogP contribution in [-0.4, -0.2) is 32.0 Å². The maximum atomic E-state index is 12.7. The van der Waals surface area contributed by atoms with E-state index in [1.807, 2.05) is 12.1 Å². The maximum absolute atomic E-state index is 12.7. The molecule has 0 aromatic heterocycles. The van der Waals surface area contributed by atoms with Crippen molar-refractivity contribution in [3.8, 4) is 11.5 Å². The summed E-state index contributed by atoms with van der Waals surface area (Å²) in [5.74, 6) is 0.774. The van der Waals surface area contributed by atoms with Crippen LogP contribution in [0.25, 0.3) is 0 Å². The third-order valence-corrected chi connectivity index (χ3v) is 4.96. The van der Waals surface area contributed by atoms with E-state index >= 15 is 0 Å². The predicted molar refractivity (Wildman–Crippen MR) is 115 cm³/mol. The molecule has 1 aliphatic rings. The number of aliphatic imine (C=N–C) groups is 1. The summed E-state index contributed by atoms with van der Waals surface area (Å²) in [6, 6.07) is 12.2. The average Bonchev–Trinajstić information content (AvgIpc) is 2.72. The first-order chi connectivity index (χ1) is 14.2. The summed E-state index contributed by atoms with van der Waals surface area (Å²) in [4.78, 5) is 29.5. The summed E-state index contributed by atoms with van der Waals surface area (Å²) in [6.45, 7) is 6.34. The van der Waals surface area contributed by atoms with Gasteiger partial charge in [-0.25, -0.2) is 4.99 Å². The molecule has 0 bridgehead atoms. The molecule has 0 unspecified atom stereocenters. The largest absolute Gasteiger partial charge is 0.497 e. The second-order valence-electron chi connectivity index (χ2n) is 8.14. The van der Waals surface area contributed by atoms with E-state index in [4.69, 9.17) is 9.47 Å². The fourth-order valence-corrected chi connectivity index (χ4v) is 3.24. The minimum absolute atomic E-state index is 0.000544. The molecule has 3 rings (SSSR count). The van der Waals surface area contributed by atoms with Gasteiger partial charge < -0.3 is 9.47 Å². The van der Waals surface area contributed by atoms with Gasteiger partial charge in [0.1, 0.15) is 11.5 Å². The Hall–Kier alpha value is -3.35. The highest BCUT2D eigenvalue weighted by molar-refractivity contribution is 6.10. The Balaban J connectivity index is 1.83. The Morgan fingerprint density at radius 1 is 1.10 bits per heavy atom. The molecule has 30 heavy (non-hydrogen) atoms. The molecular weight excluding hydrogens is 382 g/mol. The lowest BCUT2D eigenvalue weighted by molar-refractivity contribution is -0.120. The highest BCUT2D eigenvalue weighted by Crippen LogP contribution is 2.34. The first kappa shape index (κ1) is 21.4. The molecule has 0 spiro atoms. The Morgan fingerprint density at radius 3 is 2.40 bits per heavy atom. The van der Waals surface area contributed by atoms with Crippen LogP contribution in [0.15, 0.2) is 47.5 Å². The molecule has 158 valence electrons. The summed E-state index contributed by atoms with van der Waals surface area (Å²) in [5.41, 5.74) is 2.33. The van der Waals surface area contributed by atoms with Gasteiger partial charge in [-0.1, -0.05) is 32.9 Å². The number of nitrogens with one attached hydrogen (secondary N) is 2. The molecule has 7 nitrogen and oxygen atoms in total. The van der Waals surface area contributed by atoms with Crippen LogP contribution in [0, 0.1) is 0 Å². The van der Waals surface area contributed by atoms with Crippen molar-refractivity contribution in [2.24, 2.45) is 4.99 Å². The quantitative estimate of drug-likeness (QED) is 0.811. The molecule has 2 aromatic rings. The molecule has 0 saturated heterocycles. The molecule has 0 saturated carbocycles. The van der Waals surface area contributed by atoms with Gasteiger partial charge in [-0.15, -0.1) is 0 Å². The van der Waals surface area contributed by atoms with E-state index in [1.54, 1.807) is 44.6 Å². The van der Waals surface area contributed by atoms with E-state index in [0.29, 0.717) is 22.6 Å². The number of rotatable bonds is 4. The minimum atomic E-state index is -0.498. The van der Waals surface area contributed by atoms with Gasteiger partial charge in [-0.3, -0.25) is 20.2 Å². The van der Waals surface area contributed by atoms with Gasteiger partial charge >= 0.3 is 0 Å². The molecule has 2 amide bonds. The zero-order valence-electron chi connectivity index (χ0n) is 17.9. The van der Waals surface area contributed by atoms with Crippen molar-refractivity contribution in [3.05, 3.63) is 59.2 Å². The van der Waals surface area contributed by atoms with Gasteiger partial charge in [0.15, 0.2) is 0 Å². The zero-order chi connectivity index (χ0) is 21.9. The van der Waals surface area contributed by atoms with E-state index in [9.17, 15) is 9.59 Å². The number of benzene rings is 2. The third-order valence-electron chi connectivity index (χ3n) is 4.96. The topological polar surface area (TPSA) is 89.0 Å². The van der Waals surface area contributed by atoms with Gasteiger partial charge in [0.05, 0.1) is 26.7 Å². The molecule has 2 aromatic carbocycles. The Labute approximate surface area is 176 Å². The summed E-state index contributed by atoms with van der Waals surface area (Å²) in [7, 11) is 3.13. The van der Waals surface area contributed by atoms with Crippen LogP contribution in [0.5, 0.6) is 11.5 Å². The van der Waals surface area contributed by atoms with Crippen molar-refractivity contribution >= 4 is 17.8 Å². The minimum Gasteiger partial charge on any atom is -0.497 e. The highest BCUT2D eigenvalue weighted by atomic mass is 16.5. The lowest BCUT2D eigenvalue weighted by atomic mass is 9.87. The normalized spacial score (nSPS) is 16.4. The Kier molecular flexibility index (Phi) is 6.10. The van der Waals surface area contributed by atoms with Crippen molar-refractivity contribution in [2.75, 3.05) is 14.2 Å². The fourth-order valence-electron chi connectivity index (χ4n) is 3.24. The molecule has 1 heterocycles. The van der Waals surface area contributed by atoms with Crippen LogP contribution in [-0.2, 0) is 10.2 Å². The summed E-state index contributed by atoms with van der Waals surface area (Å²) >= 11 is 0. The van der Waals surface area contributed by atoms with Gasteiger partial charge in [0.25, 0.3) is 5.91 Å². The van der Waals surface area contributed by atoms with Crippen molar-refractivity contribution in [1.82, 2.24) is 10.6 Å². The molecule has 0 radical (unpaired) electrons. The van der Waals surface area contributed by atoms with Crippen molar-refractivity contribution < 1.29 is 19.1 Å². The number of ether oxygens (including phenoxy) is 2. The van der Waals surface area contributed by atoms with Crippen molar-refractivity contribution in [1.29, 1.82) is 0 Å². The van der Waals surface area contributed by atoms with Gasteiger partial charge in [-0.05, 0) is 41.3 Å². The van der Waals surface area contributed by atoms with Gasteiger partial charge in [0.2, 0.25) is 11.9 Å². The number of guanidine groups is 1. The number of nitrogens with zero attached hydrogens (tertiary/aromatic N) is 1. The zero-order valence-corrected chi connectivity index (χ0v) is 17.9. The third kappa shape index (κ3) is 4.79. The fraction of sp³-hybridized carbons (Fsp3) is 0.348. The van der Waals surface area contributed by atoms with E-state index in [-0.39, 0.29) is 29.6 Å². The number of hydrogen-bond acceptors (Lipinski definition) is 5. The second-order valence-corrected chi connectivity index (χ2v) is 8.14. The van der Waals surface area contributed by atoms with E-state index in [0.717, 1.165) is 5.56 Å². The first-order valence-corrected chi connectivity index (χ1v) is 9.72. The smallest absolute Gasteiger partial charge is 0.257 e. The molecule has 1 atom stereocenters. The second kappa shape index (κ2) is 8.57. The van der Waals surface area contributed by atoms with Crippen molar-refractivity contribution in [2.45, 2.75) is 38.6 Å². The number of methoxy groups -OCH3 is 2. The number of amides is 2. The highest BCUT2D eigenvalue weighted by Gasteiger charge is 2.26. The standard InChI is InChI=1S/C23H27N3O4/c1-23(2,3)15-8-6-14(7-9-15)21(28)26-22-24-18(13-20(27)25-22)17-12-16(29-4)10-11-19(17)30-5/h6-12,18H,13H2,1-5H3,(H2,24,25,26,27,28)/t18-/m0/s1. The van der Waals surface area contributed by atoms with Gasteiger partial charge in [-0.2, -0.15) is 0 Å². The molecule has 0 aliphatic carbocycles. The van der Waals surface area contributed by atoms with Crippen molar-refractivity contribution in [3.63, 3.8) is 0 Å². The number of carbonyl (C=O) groups is 2. The first-order valence-electron chi connectivity index (χ1n) is 9.72. The lowest BCUT2D eigenvalue weighted by Gasteiger charge is -2.23. The molecule has 0 fully saturated rings. The van der Waals surface area contributed by atoms with Crippen LogP contribution < -0.4 is 20.1 Å². The number of hydrogen-bond donors (Lipinski definition) is 2. The number of carbonyl (C=O) groups excluding carboxylic acids is 2. The lowest BCUT2D eigenvalue weighted by Crippen LogP contribution is -2.47. The van der Waals surface area contributed by atoms with Crippen LogP contribution in [0.2, 0.25) is 0 Å². The molecule has 2 N–H and O–H groups in total. The van der Waals surface area contributed by atoms with E-state index in [1.165, 1.54) is 0 Å². The summed E-state index contributed by atoms with van der Waals surface area (Å²) < 4.78 is 10.7. The van der Waals surface area contributed by atoms with Crippen LogP contribution in [0.3, 0.4) is 0 Å². The van der Waals surface area contributed by atoms with Crippen LogP contribution in [0.4, 0.5) is 0 Å². The summed E-state index contributed by atoms with van der Waals surface area (Å²) in [5, 5.41) is 5.32. The molecular formula is C23H27N3O4. The van der Waals surface area contributed by atoms with E-state index in [2.05, 4.69) is 36.4 Å². The maximum Gasteiger partial charge on any atom is 0.257 e.